The molecule has 7 heteroatoms. The topological polar surface area (TPSA) is 81.4 Å². The summed E-state index contributed by atoms with van der Waals surface area (Å²) in [7, 11) is -3.65. The van der Waals surface area contributed by atoms with Gasteiger partial charge in [0.2, 0.25) is 0 Å². The Hall–Kier alpha value is -1.20. The van der Waals surface area contributed by atoms with Gasteiger partial charge in [-0.2, -0.15) is 9.57 Å². The summed E-state index contributed by atoms with van der Waals surface area (Å²) in [5.41, 5.74) is 0. The molecule has 0 saturated heterocycles. The summed E-state index contributed by atoms with van der Waals surface area (Å²) < 4.78 is 25.4. The first kappa shape index (κ1) is 13.9. The second-order valence-electron chi connectivity index (χ2n) is 3.11. The van der Waals surface area contributed by atoms with E-state index in [-0.39, 0.29) is 23.9 Å². The van der Waals surface area contributed by atoms with Crippen LogP contribution in [0.25, 0.3) is 0 Å². The molecule has 0 aromatic carbocycles. The Balaban J connectivity index is 3.07. The quantitative estimate of drug-likeness (QED) is 0.776. The fourth-order valence-corrected chi connectivity index (χ4v) is 3.87. The minimum atomic E-state index is -3.65. The number of aliphatic hydroxyl groups excluding tert-OH is 1. The number of hydrogen-bond acceptors (Lipinski definition) is 5. The molecular formula is C10H12N2O3S2. The van der Waals surface area contributed by atoms with Crippen molar-refractivity contribution in [2.24, 2.45) is 0 Å². The number of nitrogens with zero attached hydrogens (tertiary/aromatic N) is 2. The molecule has 1 rings (SSSR count). The van der Waals surface area contributed by atoms with Crippen LogP contribution in [0.4, 0.5) is 0 Å². The summed E-state index contributed by atoms with van der Waals surface area (Å²) >= 11 is 0.913. The fraction of sp³-hybridized carbons (Fsp3) is 0.300. The van der Waals surface area contributed by atoms with Gasteiger partial charge in [0.25, 0.3) is 10.0 Å². The van der Waals surface area contributed by atoms with Gasteiger partial charge in [0, 0.05) is 13.1 Å². The third kappa shape index (κ3) is 3.14. The van der Waals surface area contributed by atoms with Crippen molar-refractivity contribution in [2.75, 3.05) is 19.7 Å². The molecule has 0 aliphatic heterocycles. The minimum absolute atomic E-state index is 0.00808. The monoisotopic (exact) mass is 272 g/mol. The van der Waals surface area contributed by atoms with Crippen molar-refractivity contribution in [2.45, 2.75) is 4.21 Å². The highest BCUT2D eigenvalue weighted by atomic mass is 32.2. The van der Waals surface area contributed by atoms with Crippen LogP contribution < -0.4 is 0 Å². The van der Waals surface area contributed by atoms with Crippen molar-refractivity contribution < 1.29 is 13.5 Å². The van der Waals surface area contributed by atoms with Crippen molar-refractivity contribution in [3.8, 4) is 6.07 Å². The number of sulfonamides is 1. The van der Waals surface area contributed by atoms with Gasteiger partial charge in [-0.05, 0) is 12.1 Å². The Morgan fingerprint density at radius 3 is 2.76 bits per heavy atom. The van der Waals surface area contributed by atoms with E-state index < -0.39 is 10.0 Å². The lowest BCUT2D eigenvalue weighted by Gasteiger charge is -2.18. The molecule has 1 aromatic rings. The van der Waals surface area contributed by atoms with Crippen LogP contribution in [-0.2, 0) is 10.0 Å². The van der Waals surface area contributed by atoms with Crippen molar-refractivity contribution in [3.63, 3.8) is 0 Å². The third-order valence-corrected chi connectivity index (χ3v) is 5.29. The van der Waals surface area contributed by atoms with Crippen molar-refractivity contribution in [1.82, 2.24) is 4.31 Å². The van der Waals surface area contributed by atoms with Crippen molar-refractivity contribution in [3.05, 3.63) is 29.7 Å². The van der Waals surface area contributed by atoms with Crippen LogP contribution in [0.5, 0.6) is 0 Å². The normalized spacial score (nSPS) is 11.4. The maximum absolute atomic E-state index is 12.1. The molecule has 17 heavy (non-hydrogen) atoms. The number of thiophene rings is 1. The maximum atomic E-state index is 12.1. The fourth-order valence-electron chi connectivity index (χ4n) is 1.21. The molecule has 0 aliphatic carbocycles. The SMILES string of the molecule is C=CCN(CCO)S(=O)(=O)c1ccc(C#N)s1. The lowest BCUT2D eigenvalue weighted by molar-refractivity contribution is 0.260. The van der Waals surface area contributed by atoms with Gasteiger partial charge in [0.1, 0.15) is 15.2 Å². The molecule has 0 fully saturated rings. The standard InChI is InChI=1S/C10H12N2O3S2/c1-2-5-12(6-7-13)17(14,15)10-4-3-9(8-11)16-10/h2-4,13H,1,5-7H2. The highest BCUT2D eigenvalue weighted by Gasteiger charge is 2.24. The van der Waals surface area contributed by atoms with E-state index in [9.17, 15) is 8.42 Å². The molecule has 1 N–H and O–H groups in total. The van der Waals surface area contributed by atoms with E-state index >= 15 is 0 Å². The van der Waals surface area contributed by atoms with E-state index in [2.05, 4.69) is 6.58 Å². The summed E-state index contributed by atoms with van der Waals surface area (Å²) in [5.74, 6) is 0. The van der Waals surface area contributed by atoms with Gasteiger partial charge in [-0.3, -0.25) is 0 Å². The number of nitriles is 1. The van der Waals surface area contributed by atoms with E-state index in [1.165, 1.54) is 18.2 Å². The molecule has 0 atom stereocenters. The van der Waals surface area contributed by atoms with Gasteiger partial charge < -0.3 is 5.11 Å². The predicted molar refractivity (Wildman–Crippen MR) is 65.1 cm³/mol. The molecule has 0 amide bonds. The highest BCUT2D eigenvalue weighted by molar-refractivity contribution is 7.91. The smallest absolute Gasteiger partial charge is 0.252 e. The predicted octanol–water partition coefficient (Wildman–Crippen LogP) is 0.789. The average molecular weight is 272 g/mol. The van der Waals surface area contributed by atoms with Gasteiger partial charge in [0.15, 0.2) is 0 Å². The van der Waals surface area contributed by atoms with Crippen molar-refractivity contribution >= 4 is 21.4 Å². The second kappa shape index (κ2) is 5.93. The Morgan fingerprint density at radius 1 is 1.59 bits per heavy atom. The van der Waals surface area contributed by atoms with Crippen LogP contribution in [-0.4, -0.2) is 37.5 Å². The third-order valence-electron chi connectivity index (χ3n) is 1.97. The van der Waals surface area contributed by atoms with Crippen LogP contribution in [0.15, 0.2) is 29.0 Å². The molecule has 0 radical (unpaired) electrons. The molecule has 0 bridgehead atoms. The largest absolute Gasteiger partial charge is 0.395 e. The zero-order valence-corrected chi connectivity index (χ0v) is 10.7. The minimum Gasteiger partial charge on any atom is -0.395 e. The zero-order chi connectivity index (χ0) is 12.9. The molecule has 0 unspecified atom stereocenters. The first-order valence-electron chi connectivity index (χ1n) is 4.78. The summed E-state index contributed by atoms with van der Waals surface area (Å²) in [6.07, 6.45) is 1.45. The van der Waals surface area contributed by atoms with Gasteiger partial charge in [0.05, 0.1) is 6.61 Å². The molecule has 1 aromatic heterocycles. The lowest BCUT2D eigenvalue weighted by atomic mass is 10.5. The molecule has 0 saturated carbocycles. The van der Waals surface area contributed by atoms with Crippen LogP contribution in [0.1, 0.15) is 4.88 Å². The zero-order valence-electron chi connectivity index (χ0n) is 9.04. The van der Waals surface area contributed by atoms with Crippen LogP contribution in [0.3, 0.4) is 0 Å². The van der Waals surface area contributed by atoms with E-state index in [0.29, 0.717) is 4.88 Å². The number of rotatable bonds is 6. The average Bonchev–Trinajstić information content (AvgIpc) is 2.78. The van der Waals surface area contributed by atoms with E-state index in [4.69, 9.17) is 10.4 Å². The molecular weight excluding hydrogens is 260 g/mol. The van der Waals surface area contributed by atoms with E-state index in [1.54, 1.807) is 0 Å². The Morgan fingerprint density at radius 2 is 2.29 bits per heavy atom. The summed E-state index contributed by atoms with van der Waals surface area (Å²) in [6, 6.07) is 4.74. The van der Waals surface area contributed by atoms with Gasteiger partial charge in [-0.1, -0.05) is 6.08 Å². The highest BCUT2D eigenvalue weighted by Crippen LogP contribution is 2.24. The van der Waals surface area contributed by atoms with Gasteiger partial charge in [-0.25, -0.2) is 8.42 Å². The Bertz CT molecular complexity index is 528. The first-order valence-corrected chi connectivity index (χ1v) is 7.03. The molecule has 1 heterocycles. The second-order valence-corrected chi connectivity index (χ2v) is 6.35. The number of hydrogen-bond donors (Lipinski definition) is 1. The van der Waals surface area contributed by atoms with Crippen LogP contribution in [0, 0.1) is 11.3 Å². The van der Waals surface area contributed by atoms with Crippen LogP contribution >= 0.6 is 11.3 Å². The molecule has 0 spiro atoms. The van der Waals surface area contributed by atoms with E-state index in [0.717, 1.165) is 15.6 Å². The van der Waals surface area contributed by atoms with Gasteiger partial charge in [-0.15, -0.1) is 17.9 Å². The number of aliphatic hydroxyl groups is 1. The first-order chi connectivity index (χ1) is 8.06. The lowest BCUT2D eigenvalue weighted by Crippen LogP contribution is -2.33. The summed E-state index contributed by atoms with van der Waals surface area (Å²) in [5, 5.41) is 17.5. The van der Waals surface area contributed by atoms with Gasteiger partial charge >= 0.3 is 0 Å². The maximum Gasteiger partial charge on any atom is 0.252 e. The molecule has 92 valence electrons. The molecule has 0 aliphatic rings. The van der Waals surface area contributed by atoms with E-state index in [1.807, 2.05) is 6.07 Å². The van der Waals surface area contributed by atoms with Crippen LogP contribution in [0.2, 0.25) is 0 Å². The Labute approximate surface area is 104 Å². The summed E-state index contributed by atoms with van der Waals surface area (Å²) in [4.78, 5) is 0.339. The summed E-state index contributed by atoms with van der Waals surface area (Å²) in [6.45, 7) is 3.35. The molecule has 5 nitrogen and oxygen atoms in total. The Kier molecular flexibility index (Phi) is 4.84. The van der Waals surface area contributed by atoms with Crippen molar-refractivity contribution in [1.29, 1.82) is 5.26 Å².